The summed E-state index contributed by atoms with van der Waals surface area (Å²) in [5, 5.41) is 2.48. The minimum Gasteiger partial charge on any atom is -0.456 e. The van der Waals surface area contributed by atoms with Crippen LogP contribution in [0.4, 0.5) is 5.82 Å². The van der Waals surface area contributed by atoms with Gasteiger partial charge in [0.05, 0.1) is 0 Å². The van der Waals surface area contributed by atoms with Crippen LogP contribution in [-0.4, -0.2) is 39.9 Å². The number of amides is 1. The summed E-state index contributed by atoms with van der Waals surface area (Å²) in [5.74, 6) is -2.47. The lowest BCUT2D eigenvalue weighted by Crippen LogP contribution is -2.41. The highest BCUT2D eigenvalue weighted by Crippen LogP contribution is 2.07. The van der Waals surface area contributed by atoms with Gasteiger partial charge in [0, 0.05) is 12.1 Å². The first-order chi connectivity index (χ1) is 14.1. The number of esters is 1. The molecule has 4 N–H and O–H groups in total. The maximum absolute atomic E-state index is 12.4. The number of hydrogen-bond donors (Lipinski definition) is 3. The normalized spacial score (nSPS) is 11.6. The van der Waals surface area contributed by atoms with Crippen molar-refractivity contribution in [2.45, 2.75) is 39.8 Å². The number of benzene rings is 1. The number of aromatic amines is 1. The first kappa shape index (κ1) is 22.6. The number of nitrogen functional groups attached to an aromatic ring is 1. The summed E-state index contributed by atoms with van der Waals surface area (Å²) >= 11 is 0. The Balaban J connectivity index is 2.04. The number of carbonyl (C=O) groups is 3. The SMILES string of the molecule is CCCn1c(N)c(C(=O)COC(=O)[C@H](C)NC(=O)c2cccc(C)c2)c(=O)[nH]c1=O. The molecule has 0 unspecified atom stereocenters. The number of hydrogen-bond acceptors (Lipinski definition) is 7. The Labute approximate surface area is 172 Å². The molecule has 1 amide bonds. The Bertz CT molecular complexity index is 1090. The first-order valence-corrected chi connectivity index (χ1v) is 9.35. The van der Waals surface area contributed by atoms with Crippen molar-refractivity contribution in [2.75, 3.05) is 12.3 Å². The summed E-state index contributed by atoms with van der Waals surface area (Å²) in [7, 11) is 0. The number of H-pyrrole nitrogens is 1. The van der Waals surface area contributed by atoms with Crippen LogP contribution in [0.25, 0.3) is 0 Å². The molecule has 0 bridgehead atoms. The van der Waals surface area contributed by atoms with Gasteiger partial charge in [-0.05, 0) is 32.4 Å². The van der Waals surface area contributed by atoms with E-state index in [1.165, 1.54) is 6.92 Å². The van der Waals surface area contributed by atoms with Gasteiger partial charge in [-0.2, -0.15) is 0 Å². The zero-order chi connectivity index (χ0) is 22.4. The summed E-state index contributed by atoms with van der Waals surface area (Å²) in [6.45, 7) is 4.48. The van der Waals surface area contributed by atoms with E-state index in [-0.39, 0.29) is 12.4 Å². The summed E-state index contributed by atoms with van der Waals surface area (Å²) in [5.41, 5.74) is 4.94. The van der Waals surface area contributed by atoms with Crippen LogP contribution < -0.4 is 22.3 Å². The molecule has 0 spiro atoms. The van der Waals surface area contributed by atoms with E-state index in [4.69, 9.17) is 10.5 Å². The van der Waals surface area contributed by atoms with Crippen molar-refractivity contribution in [3.63, 3.8) is 0 Å². The Kier molecular flexibility index (Phi) is 7.29. The minimum absolute atomic E-state index is 0.212. The highest BCUT2D eigenvalue weighted by molar-refractivity contribution is 6.01. The maximum Gasteiger partial charge on any atom is 0.329 e. The number of anilines is 1. The van der Waals surface area contributed by atoms with Gasteiger partial charge in [-0.3, -0.25) is 23.9 Å². The molecule has 0 aliphatic carbocycles. The smallest absolute Gasteiger partial charge is 0.329 e. The molecule has 1 aromatic heterocycles. The predicted octanol–water partition coefficient (Wildman–Crippen LogP) is 0.382. The standard InChI is InChI=1S/C20H24N4O6/c1-4-8-24-16(21)15(18(27)23-20(24)29)14(25)10-30-19(28)12(3)22-17(26)13-7-5-6-11(2)9-13/h5-7,9,12H,4,8,10,21H2,1-3H3,(H,22,26)(H,23,27,29)/t12-/m0/s1. The molecule has 2 rings (SSSR count). The number of nitrogens with two attached hydrogens (primary N) is 1. The summed E-state index contributed by atoms with van der Waals surface area (Å²) < 4.78 is 5.99. The molecule has 0 aliphatic rings. The lowest BCUT2D eigenvalue weighted by atomic mass is 10.1. The average Bonchev–Trinajstić information content (AvgIpc) is 2.69. The molecule has 0 saturated heterocycles. The number of ether oxygens (including phenoxy) is 1. The number of aromatic nitrogens is 2. The largest absolute Gasteiger partial charge is 0.456 e. The van der Waals surface area contributed by atoms with E-state index >= 15 is 0 Å². The lowest BCUT2D eigenvalue weighted by molar-refractivity contribution is -0.144. The molecular weight excluding hydrogens is 392 g/mol. The molecule has 2 aromatic rings. The van der Waals surface area contributed by atoms with Crippen LogP contribution in [0.2, 0.25) is 0 Å². The fourth-order valence-electron chi connectivity index (χ4n) is 2.76. The molecule has 0 radical (unpaired) electrons. The zero-order valence-corrected chi connectivity index (χ0v) is 17.0. The quantitative estimate of drug-likeness (QED) is 0.415. The number of nitrogens with zero attached hydrogens (tertiary/aromatic N) is 1. The van der Waals surface area contributed by atoms with E-state index in [0.717, 1.165) is 10.1 Å². The molecule has 0 saturated carbocycles. The van der Waals surface area contributed by atoms with Gasteiger partial charge in [0.15, 0.2) is 6.61 Å². The molecule has 10 nitrogen and oxygen atoms in total. The van der Waals surface area contributed by atoms with Gasteiger partial charge in [0.1, 0.15) is 17.4 Å². The highest BCUT2D eigenvalue weighted by Gasteiger charge is 2.23. The number of Topliss-reactive ketones (excluding diaryl/α,β-unsaturated/α-hetero) is 1. The highest BCUT2D eigenvalue weighted by atomic mass is 16.5. The zero-order valence-electron chi connectivity index (χ0n) is 17.0. The molecule has 1 atom stereocenters. The summed E-state index contributed by atoms with van der Waals surface area (Å²) in [6, 6.07) is 5.78. The lowest BCUT2D eigenvalue weighted by Gasteiger charge is -2.14. The molecule has 0 fully saturated rings. The van der Waals surface area contributed by atoms with Crippen LogP contribution >= 0.6 is 0 Å². The van der Waals surface area contributed by atoms with Crippen molar-refractivity contribution in [2.24, 2.45) is 0 Å². The van der Waals surface area contributed by atoms with Crippen molar-refractivity contribution in [3.05, 3.63) is 61.8 Å². The summed E-state index contributed by atoms with van der Waals surface area (Å²) in [4.78, 5) is 62.6. The number of nitrogens with one attached hydrogen (secondary N) is 2. The predicted molar refractivity (Wildman–Crippen MR) is 109 cm³/mol. The Morgan fingerprint density at radius 3 is 2.60 bits per heavy atom. The topological polar surface area (TPSA) is 153 Å². The second-order valence-electron chi connectivity index (χ2n) is 6.77. The van der Waals surface area contributed by atoms with Gasteiger partial charge in [-0.25, -0.2) is 9.59 Å². The number of carbonyl (C=O) groups excluding carboxylic acids is 3. The molecular formula is C20H24N4O6. The second kappa shape index (κ2) is 9.68. The fraction of sp³-hybridized carbons (Fsp3) is 0.350. The van der Waals surface area contributed by atoms with Gasteiger partial charge in [-0.15, -0.1) is 0 Å². The van der Waals surface area contributed by atoms with E-state index in [2.05, 4.69) is 5.32 Å². The van der Waals surface area contributed by atoms with Crippen LogP contribution in [0.1, 0.15) is 46.5 Å². The molecule has 10 heteroatoms. The monoisotopic (exact) mass is 416 g/mol. The maximum atomic E-state index is 12.4. The molecule has 1 aromatic carbocycles. The van der Waals surface area contributed by atoms with Crippen molar-refractivity contribution < 1.29 is 19.1 Å². The van der Waals surface area contributed by atoms with Gasteiger partial charge in [0.2, 0.25) is 5.78 Å². The van der Waals surface area contributed by atoms with Crippen LogP contribution in [0.3, 0.4) is 0 Å². The average molecular weight is 416 g/mol. The van der Waals surface area contributed by atoms with Crippen molar-refractivity contribution in [1.29, 1.82) is 0 Å². The van der Waals surface area contributed by atoms with Gasteiger partial charge in [0.25, 0.3) is 11.5 Å². The number of ketones is 1. The Morgan fingerprint density at radius 1 is 1.27 bits per heavy atom. The van der Waals surface area contributed by atoms with E-state index in [0.29, 0.717) is 12.0 Å². The van der Waals surface area contributed by atoms with Crippen LogP contribution in [-0.2, 0) is 16.1 Å². The molecule has 0 aliphatic heterocycles. The molecule has 30 heavy (non-hydrogen) atoms. The van der Waals surface area contributed by atoms with E-state index in [9.17, 15) is 24.0 Å². The first-order valence-electron chi connectivity index (χ1n) is 9.35. The Morgan fingerprint density at radius 2 is 1.97 bits per heavy atom. The third-order valence-corrected chi connectivity index (χ3v) is 4.29. The van der Waals surface area contributed by atoms with E-state index in [1.54, 1.807) is 25.1 Å². The third-order valence-electron chi connectivity index (χ3n) is 4.29. The second-order valence-corrected chi connectivity index (χ2v) is 6.77. The van der Waals surface area contributed by atoms with Crippen LogP contribution in [0, 0.1) is 6.92 Å². The van der Waals surface area contributed by atoms with E-state index < -0.39 is 47.1 Å². The van der Waals surface area contributed by atoms with Gasteiger partial charge < -0.3 is 15.8 Å². The number of aryl methyl sites for hydroxylation is 1. The number of rotatable bonds is 8. The van der Waals surface area contributed by atoms with Gasteiger partial charge >= 0.3 is 11.7 Å². The minimum atomic E-state index is -1.03. The third kappa shape index (κ3) is 5.22. The fourth-order valence-corrected chi connectivity index (χ4v) is 2.76. The molecule has 1 heterocycles. The van der Waals surface area contributed by atoms with Crippen LogP contribution in [0.15, 0.2) is 33.9 Å². The van der Waals surface area contributed by atoms with Crippen molar-refractivity contribution in [1.82, 2.24) is 14.9 Å². The van der Waals surface area contributed by atoms with Crippen LogP contribution in [0.5, 0.6) is 0 Å². The molecule has 160 valence electrons. The summed E-state index contributed by atoms with van der Waals surface area (Å²) in [6.07, 6.45) is 0.552. The van der Waals surface area contributed by atoms with Crippen molar-refractivity contribution in [3.8, 4) is 0 Å². The Hall–Kier alpha value is -3.69. The van der Waals surface area contributed by atoms with E-state index in [1.807, 2.05) is 18.0 Å². The van der Waals surface area contributed by atoms with Gasteiger partial charge in [-0.1, -0.05) is 24.6 Å². The van der Waals surface area contributed by atoms with Crippen molar-refractivity contribution >= 4 is 23.5 Å².